The molecule has 3 fully saturated rings. The SMILES string of the molecule is OC12C=CC=CC1O2.OC12C=CC=CC1O2.OC12C=CC=CC1O2.[AsH3]. The Kier molecular flexibility index (Phi) is 4.81. The van der Waals surface area contributed by atoms with E-state index in [0.717, 1.165) is 0 Å². The van der Waals surface area contributed by atoms with Crippen molar-refractivity contribution in [2.75, 3.05) is 0 Å². The molecule has 0 spiro atoms. The summed E-state index contributed by atoms with van der Waals surface area (Å²) in [5, 5.41) is 27.3. The van der Waals surface area contributed by atoms with Crippen LogP contribution in [0.25, 0.3) is 0 Å². The quantitative estimate of drug-likeness (QED) is 0.367. The van der Waals surface area contributed by atoms with Gasteiger partial charge in [0, 0.05) is 0 Å². The predicted octanol–water partition coefficient (Wildman–Crippen LogP) is -0.585. The number of hydrogen-bond acceptors (Lipinski definition) is 6. The minimum absolute atomic E-state index is 0. The molecule has 7 atom stereocenters. The Labute approximate surface area is 156 Å². The van der Waals surface area contributed by atoms with Crippen molar-refractivity contribution < 1.29 is 29.5 Å². The molecule has 3 heterocycles. The molecule has 0 aromatic carbocycles. The molecule has 0 saturated carbocycles. The maximum atomic E-state index is 9.09. The molecule has 7 heteroatoms. The summed E-state index contributed by atoms with van der Waals surface area (Å²) in [5.41, 5.74) is 0. The third-order valence-corrected chi connectivity index (χ3v) is 4.19. The maximum absolute atomic E-state index is 9.09. The van der Waals surface area contributed by atoms with Gasteiger partial charge in [-0.05, 0) is 18.2 Å². The summed E-state index contributed by atoms with van der Waals surface area (Å²) in [6.45, 7) is 0. The van der Waals surface area contributed by atoms with E-state index in [1.54, 1.807) is 36.5 Å². The van der Waals surface area contributed by atoms with E-state index in [-0.39, 0.29) is 36.3 Å². The van der Waals surface area contributed by atoms with Crippen molar-refractivity contribution in [2.45, 2.75) is 35.7 Å². The van der Waals surface area contributed by atoms with Crippen LogP contribution in [0.5, 0.6) is 0 Å². The van der Waals surface area contributed by atoms with Crippen LogP contribution in [0.15, 0.2) is 72.9 Å². The van der Waals surface area contributed by atoms with Crippen LogP contribution >= 0.6 is 0 Å². The summed E-state index contributed by atoms with van der Waals surface area (Å²) in [7, 11) is 0. The van der Waals surface area contributed by atoms with E-state index in [1.807, 2.05) is 36.5 Å². The average molecular weight is 408 g/mol. The molecule has 6 nitrogen and oxygen atoms in total. The van der Waals surface area contributed by atoms with Crippen molar-refractivity contribution >= 4 is 18.0 Å². The van der Waals surface area contributed by atoms with Crippen molar-refractivity contribution in [3.05, 3.63) is 72.9 Å². The molecule has 3 N–H and O–H groups in total. The molecular formula is C18H21AsO6. The molecule has 3 saturated heterocycles. The Balaban J connectivity index is 0.000000107. The molecule has 0 radical (unpaired) electrons. The predicted molar refractivity (Wildman–Crippen MR) is 94.2 cm³/mol. The van der Waals surface area contributed by atoms with Crippen LogP contribution in [0.3, 0.4) is 0 Å². The van der Waals surface area contributed by atoms with Crippen LogP contribution < -0.4 is 0 Å². The molecule has 0 aromatic rings. The number of fused-ring (bicyclic) bond motifs is 3. The van der Waals surface area contributed by atoms with Gasteiger partial charge < -0.3 is 29.5 Å². The molecule has 3 aliphatic heterocycles. The molecule has 0 aromatic heterocycles. The van der Waals surface area contributed by atoms with Gasteiger partial charge in [0.2, 0.25) is 17.4 Å². The van der Waals surface area contributed by atoms with E-state index in [9.17, 15) is 0 Å². The summed E-state index contributed by atoms with van der Waals surface area (Å²) in [6.07, 6.45) is 21.2. The monoisotopic (exact) mass is 408 g/mol. The van der Waals surface area contributed by atoms with Crippen molar-refractivity contribution in [1.29, 1.82) is 0 Å². The third-order valence-electron chi connectivity index (χ3n) is 4.19. The zero-order chi connectivity index (χ0) is 16.8. The van der Waals surface area contributed by atoms with Gasteiger partial charge in [0.05, 0.1) is 0 Å². The Morgan fingerprint density at radius 1 is 0.520 bits per heavy atom. The van der Waals surface area contributed by atoms with E-state index in [2.05, 4.69) is 0 Å². The van der Waals surface area contributed by atoms with E-state index in [4.69, 9.17) is 29.5 Å². The number of allylic oxidation sites excluding steroid dienone is 6. The number of ether oxygens (including phenoxy) is 3. The average Bonchev–Trinajstić information content (AvgIpc) is 3.45. The molecule has 25 heavy (non-hydrogen) atoms. The molecule has 6 rings (SSSR count). The second-order valence-electron chi connectivity index (χ2n) is 6.10. The second-order valence-corrected chi connectivity index (χ2v) is 6.10. The van der Waals surface area contributed by atoms with Crippen LogP contribution in [-0.2, 0) is 14.2 Å². The fraction of sp³-hybridized carbons (Fsp3) is 0.333. The topological polar surface area (TPSA) is 98.3 Å². The number of epoxide rings is 3. The van der Waals surface area contributed by atoms with Crippen LogP contribution in [0.1, 0.15) is 0 Å². The van der Waals surface area contributed by atoms with E-state index in [0.29, 0.717) is 0 Å². The van der Waals surface area contributed by atoms with Gasteiger partial charge >= 0.3 is 18.0 Å². The van der Waals surface area contributed by atoms with Gasteiger partial charge in [-0.3, -0.25) is 0 Å². The van der Waals surface area contributed by atoms with Gasteiger partial charge in [-0.15, -0.1) is 0 Å². The Hall–Kier alpha value is -1.24. The molecule has 6 aliphatic rings. The van der Waals surface area contributed by atoms with Crippen LogP contribution in [-0.4, -0.2) is 68.9 Å². The fourth-order valence-corrected chi connectivity index (χ4v) is 2.52. The molecular weight excluding hydrogens is 387 g/mol. The zero-order valence-corrected chi connectivity index (χ0v) is 16.4. The molecule has 3 aliphatic carbocycles. The number of aliphatic hydroxyl groups is 3. The Morgan fingerprint density at radius 2 is 0.800 bits per heavy atom. The minimum atomic E-state index is -0.922. The molecule has 7 unspecified atom stereocenters. The van der Waals surface area contributed by atoms with Crippen LogP contribution in [0.2, 0.25) is 0 Å². The first kappa shape index (κ1) is 18.5. The third kappa shape index (κ3) is 3.96. The first-order valence-corrected chi connectivity index (χ1v) is 7.72. The first-order valence-electron chi connectivity index (χ1n) is 7.72. The summed E-state index contributed by atoms with van der Waals surface area (Å²) in [5.74, 6) is -2.77. The molecule has 134 valence electrons. The number of rotatable bonds is 0. The second kappa shape index (κ2) is 6.49. The number of hydrogen-bond donors (Lipinski definition) is 3. The standard InChI is InChI=1S/3C6H6O2.AsH3/c3*7-6-4-2-1-3-5(6)8-6;/h3*1-5,7H;1H3. The van der Waals surface area contributed by atoms with Crippen molar-refractivity contribution in [2.24, 2.45) is 0 Å². The van der Waals surface area contributed by atoms with Gasteiger partial charge in [-0.1, -0.05) is 54.7 Å². The van der Waals surface area contributed by atoms with Crippen LogP contribution in [0, 0.1) is 0 Å². The van der Waals surface area contributed by atoms with Crippen molar-refractivity contribution in [1.82, 2.24) is 0 Å². The van der Waals surface area contributed by atoms with Gasteiger partial charge in [0.25, 0.3) is 0 Å². The van der Waals surface area contributed by atoms with E-state index in [1.165, 1.54) is 0 Å². The first-order chi connectivity index (χ1) is 11.4. The Bertz CT molecular complexity index is 615. The molecule has 0 bridgehead atoms. The summed E-state index contributed by atoms with van der Waals surface area (Å²) >= 11 is 0. The fourth-order valence-electron chi connectivity index (χ4n) is 2.52. The van der Waals surface area contributed by atoms with Gasteiger partial charge in [-0.2, -0.15) is 0 Å². The summed E-state index contributed by atoms with van der Waals surface area (Å²) in [6, 6.07) is 0. The van der Waals surface area contributed by atoms with Gasteiger partial charge in [0.15, 0.2) is 0 Å². The van der Waals surface area contributed by atoms with E-state index >= 15 is 0 Å². The van der Waals surface area contributed by atoms with Crippen molar-refractivity contribution in [3.63, 3.8) is 0 Å². The summed E-state index contributed by atoms with van der Waals surface area (Å²) in [4.78, 5) is 0. The molecule has 0 amide bonds. The summed E-state index contributed by atoms with van der Waals surface area (Å²) < 4.78 is 14.5. The normalized spacial score (nSPS) is 46.9. The Morgan fingerprint density at radius 3 is 0.960 bits per heavy atom. The van der Waals surface area contributed by atoms with Crippen molar-refractivity contribution in [3.8, 4) is 0 Å². The van der Waals surface area contributed by atoms with Crippen LogP contribution in [0.4, 0.5) is 0 Å². The zero-order valence-electron chi connectivity index (χ0n) is 13.4. The van der Waals surface area contributed by atoms with E-state index < -0.39 is 17.4 Å². The van der Waals surface area contributed by atoms with Gasteiger partial charge in [0.1, 0.15) is 18.3 Å². The van der Waals surface area contributed by atoms with Gasteiger partial charge in [-0.25, -0.2) is 0 Å².